The fourth-order valence-corrected chi connectivity index (χ4v) is 4.56. The van der Waals surface area contributed by atoms with E-state index in [1.165, 1.54) is 21.8 Å². The highest BCUT2D eigenvalue weighted by Gasteiger charge is 2.26. The summed E-state index contributed by atoms with van der Waals surface area (Å²) in [6.45, 7) is 10.5. The van der Waals surface area contributed by atoms with Crippen LogP contribution in [0.15, 0.2) is 103 Å². The van der Waals surface area contributed by atoms with E-state index in [2.05, 4.69) is 84.5 Å². The predicted molar refractivity (Wildman–Crippen MR) is 131 cm³/mol. The van der Waals surface area contributed by atoms with Crippen molar-refractivity contribution in [3.63, 3.8) is 0 Å². The van der Waals surface area contributed by atoms with Crippen LogP contribution in [-0.4, -0.2) is 4.57 Å². The van der Waals surface area contributed by atoms with Gasteiger partial charge in [0.15, 0.2) is 11.5 Å². The molecule has 3 nitrogen and oxygen atoms in total. The third kappa shape index (κ3) is 2.97. The Morgan fingerprint density at radius 1 is 0.903 bits per heavy atom. The van der Waals surface area contributed by atoms with E-state index in [0.29, 0.717) is 6.04 Å². The van der Waals surface area contributed by atoms with E-state index in [1.54, 1.807) is 6.08 Å². The molecule has 0 fully saturated rings. The van der Waals surface area contributed by atoms with Crippen LogP contribution in [0.3, 0.4) is 0 Å². The fourth-order valence-electron chi connectivity index (χ4n) is 4.56. The standard InChI is InChI=1S/C28H26N2O/c1-5-11-25-27(6-2)31-28-15-10-9-14-26(28)30(25)20-16-17-24-22(18-20)21-12-7-8-13-23(21)29(24)19(3)4/h5-19H,2H2,1,3-4H3/b11-5-. The van der Waals surface area contributed by atoms with Crippen molar-refractivity contribution in [2.75, 3.05) is 4.90 Å². The summed E-state index contributed by atoms with van der Waals surface area (Å²) in [5.41, 5.74) is 5.61. The highest BCUT2D eigenvalue weighted by molar-refractivity contribution is 6.09. The number of benzene rings is 3. The van der Waals surface area contributed by atoms with E-state index in [0.717, 1.165) is 28.6 Å². The first kappa shape index (κ1) is 19.3. The van der Waals surface area contributed by atoms with Crippen molar-refractivity contribution >= 4 is 33.2 Å². The van der Waals surface area contributed by atoms with Crippen LogP contribution in [0.4, 0.5) is 11.4 Å². The Balaban J connectivity index is 1.81. The third-order valence-corrected chi connectivity index (χ3v) is 5.80. The number of allylic oxidation sites excluding steroid dienone is 3. The highest BCUT2D eigenvalue weighted by Crippen LogP contribution is 2.44. The molecule has 2 heterocycles. The normalized spacial score (nSPS) is 14.0. The quantitative estimate of drug-likeness (QED) is 0.343. The number of fused-ring (bicyclic) bond motifs is 4. The maximum Gasteiger partial charge on any atom is 0.151 e. The van der Waals surface area contributed by atoms with Crippen molar-refractivity contribution in [2.24, 2.45) is 0 Å². The summed E-state index contributed by atoms with van der Waals surface area (Å²) in [5, 5.41) is 2.53. The number of hydrogen-bond donors (Lipinski definition) is 0. The minimum absolute atomic E-state index is 0.378. The van der Waals surface area contributed by atoms with Crippen molar-refractivity contribution in [1.29, 1.82) is 0 Å². The van der Waals surface area contributed by atoms with Crippen LogP contribution >= 0.6 is 0 Å². The second-order valence-electron chi connectivity index (χ2n) is 8.04. The first-order valence-electron chi connectivity index (χ1n) is 10.7. The van der Waals surface area contributed by atoms with E-state index in [4.69, 9.17) is 4.74 Å². The van der Waals surface area contributed by atoms with Gasteiger partial charge < -0.3 is 14.2 Å². The average Bonchev–Trinajstić information content (AvgIpc) is 3.12. The van der Waals surface area contributed by atoms with Crippen molar-refractivity contribution in [1.82, 2.24) is 4.57 Å². The molecule has 5 rings (SSSR count). The van der Waals surface area contributed by atoms with Gasteiger partial charge in [-0.2, -0.15) is 0 Å². The van der Waals surface area contributed by atoms with Gasteiger partial charge in [-0.3, -0.25) is 0 Å². The molecule has 0 aliphatic carbocycles. The number of hydrogen-bond acceptors (Lipinski definition) is 2. The first-order valence-corrected chi connectivity index (χ1v) is 10.7. The van der Waals surface area contributed by atoms with E-state index in [-0.39, 0.29) is 0 Å². The number of ether oxygens (including phenoxy) is 1. The van der Waals surface area contributed by atoms with Gasteiger partial charge in [-0.1, -0.05) is 43.0 Å². The predicted octanol–water partition coefficient (Wildman–Crippen LogP) is 7.88. The molecule has 4 aromatic rings. The molecular formula is C28H26N2O. The zero-order chi connectivity index (χ0) is 21.5. The summed E-state index contributed by atoms with van der Waals surface area (Å²) in [7, 11) is 0. The molecule has 1 aromatic heterocycles. The Bertz CT molecular complexity index is 1370. The van der Waals surface area contributed by atoms with Gasteiger partial charge in [0, 0.05) is 33.5 Å². The molecule has 3 aromatic carbocycles. The molecule has 3 heteroatoms. The van der Waals surface area contributed by atoms with Gasteiger partial charge in [-0.15, -0.1) is 0 Å². The van der Waals surface area contributed by atoms with E-state index in [9.17, 15) is 0 Å². The van der Waals surface area contributed by atoms with Gasteiger partial charge in [-0.05, 0) is 69.3 Å². The molecular weight excluding hydrogens is 380 g/mol. The largest absolute Gasteiger partial charge is 0.453 e. The lowest BCUT2D eigenvalue weighted by Gasteiger charge is -2.33. The second kappa shape index (κ2) is 7.51. The van der Waals surface area contributed by atoms with E-state index < -0.39 is 0 Å². The Morgan fingerprint density at radius 3 is 2.42 bits per heavy atom. The Morgan fingerprint density at radius 2 is 1.65 bits per heavy atom. The monoisotopic (exact) mass is 406 g/mol. The SMILES string of the molecule is C=CC1=C(/C=C\C)N(c2ccc3c(c2)c2ccccc2n3C(C)C)c2ccccc2O1. The molecule has 0 atom stereocenters. The average molecular weight is 407 g/mol. The topological polar surface area (TPSA) is 17.4 Å². The number of para-hydroxylation sites is 3. The summed E-state index contributed by atoms with van der Waals surface area (Å²) < 4.78 is 8.57. The zero-order valence-electron chi connectivity index (χ0n) is 18.2. The zero-order valence-corrected chi connectivity index (χ0v) is 18.2. The van der Waals surface area contributed by atoms with Crippen LogP contribution < -0.4 is 9.64 Å². The van der Waals surface area contributed by atoms with Crippen LogP contribution in [0.1, 0.15) is 26.8 Å². The molecule has 0 N–H and O–H groups in total. The number of nitrogens with zero attached hydrogens (tertiary/aromatic N) is 2. The van der Waals surface area contributed by atoms with Crippen LogP contribution in [0.25, 0.3) is 21.8 Å². The van der Waals surface area contributed by atoms with Crippen LogP contribution in [0, 0.1) is 0 Å². The lowest BCUT2D eigenvalue weighted by atomic mass is 10.1. The van der Waals surface area contributed by atoms with Crippen molar-refractivity contribution < 1.29 is 4.74 Å². The van der Waals surface area contributed by atoms with Gasteiger partial charge in [0.2, 0.25) is 0 Å². The van der Waals surface area contributed by atoms with Gasteiger partial charge in [0.05, 0.1) is 11.4 Å². The highest BCUT2D eigenvalue weighted by atomic mass is 16.5. The molecule has 0 spiro atoms. The molecule has 154 valence electrons. The van der Waals surface area contributed by atoms with Crippen LogP contribution in [0.5, 0.6) is 5.75 Å². The minimum atomic E-state index is 0.378. The molecule has 0 bridgehead atoms. The maximum absolute atomic E-state index is 6.16. The summed E-state index contributed by atoms with van der Waals surface area (Å²) in [5.74, 6) is 1.58. The number of aromatic nitrogens is 1. The van der Waals surface area contributed by atoms with Crippen molar-refractivity contribution in [3.8, 4) is 5.75 Å². The smallest absolute Gasteiger partial charge is 0.151 e. The first-order chi connectivity index (χ1) is 15.1. The van der Waals surface area contributed by atoms with Gasteiger partial charge in [-0.25, -0.2) is 0 Å². The number of anilines is 2. The molecule has 0 unspecified atom stereocenters. The van der Waals surface area contributed by atoms with Gasteiger partial charge >= 0.3 is 0 Å². The lowest BCUT2D eigenvalue weighted by Crippen LogP contribution is -2.23. The van der Waals surface area contributed by atoms with Crippen molar-refractivity contribution in [3.05, 3.63) is 103 Å². The molecule has 0 radical (unpaired) electrons. The summed E-state index contributed by atoms with van der Waals surface area (Å²) in [6.07, 6.45) is 5.89. The van der Waals surface area contributed by atoms with Crippen LogP contribution in [-0.2, 0) is 0 Å². The van der Waals surface area contributed by atoms with Gasteiger partial charge in [0.1, 0.15) is 0 Å². The number of rotatable bonds is 4. The molecule has 1 aliphatic rings. The van der Waals surface area contributed by atoms with Crippen LogP contribution in [0.2, 0.25) is 0 Å². The molecule has 1 aliphatic heterocycles. The Labute approximate surface area is 183 Å². The summed E-state index contributed by atoms with van der Waals surface area (Å²) >= 11 is 0. The lowest BCUT2D eigenvalue weighted by molar-refractivity contribution is 0.431. The Kier molecular flexibility index (Phi) is 4.67. The van der Waals surface area contributed by atoms with Crippen molar-refractivity contribution in [2.45, 2.75) is 26.8 Å². The minimum Gasteiger partial charge on any atom is -0.453 e. The molecule has 0 saturated carbocycles. The van der Waals surface area contributed by atoms with E-state index in [1.807, 2.05) is 31.2 Å². The van der Waals surface area contributed by atoms with E-state index >= 15 is 0 Å². The fraction of sp³-hybridized carbons (Fsp3) is 0.143. The van der Waals surface area contributed by atoms with Gasteiger partial charge in [0.25, 0.3) is 0 Å². The third-order valence-electron chi connectivity index (χ3n) is 5.80. The Hall–Kier alpha value is -3.72. The summed E-state index contributed by atoms with van der Waals surface area (Å²) in [6, 6.07) is 23.9. The maximum atomic E-state index is 6.16. The molecule has 0 saturated heterocycles. The molecule has 0 amide bonds. The summed E-state index contributed by atoms with van der Waals surface area (Å²) in [4.78, 5) is 2.26. The second-order valence-corrected chi connectivity index (χ2v) is 8.04. The molecule has 31 heavy (non-hydrogen) atoms.